The van der Waals surface area contributed by atoms with E-state index in [1.807, 2.05) is 13.8 Å². The molecule has 0 saturated carbocycles. The number of nitrogens with zero attached hydrogens (tertiary/aromatic N) is 1. The van der Waals surface area contributed by atoms with Crippen molar-refractivity contribution in [2.24, 2.45) is 0 Å². The Labute approximate surface area is 86.4 Å². The molecule has 0 bridgehead atoms. The smallest absolute Gasteiger partial charge is 0.149 e. The fourth-order valence-electron chi connectivity index (χ4n) is 2.03. The van der Waals surface area contributed by atoms with Crippen molar-refractivity contribution in [3.8, 4) is 0 Å². The normalized spacial score (nSPS) is 31.4. The zero-order valence-corrected chi connectivity index (χ0v) is 9.62. The van der Waals surface area contributed by atoms with Crippen LogP contribution in [-0.4, -0.2) is 42.0 Å². The van der Waals surface area contributed by atoms with Gasteiger partial charge in [0.15, 0.2) is 0 Å². The molecular weight excluding hydrogens is 178 g/mol. The van der Waals surface area contributed by atoms with Crippen LogP contribution in [0, 0.1) is 0 Å². The van der Waals surface area contributed by atoms with Crippen molar-refractivity contribution in [2.75, 3.05) is 13.1 Å². The molecule has 0 aliphatic carbocycles. The van der Waals surface area contributed by atoms with Crippen molar-refractivity contribution in [2.45, 2.75) is 52.4 Å². The molecule has 1 unspecified atom stereocenters. The minimum atomic E-state index is 0.0498. The van der Waals surface area contributed by atoms with Gasteiger partial charge in [-0.25, -0.2) is 0 Å². The summed E-state index contributed by atoms with van der Waals surface area (Å²) in [6.45, 7) is 9.79. The van der Waals surface area contributed by atoms with E-state index in [2.05, 4.69) is 18.7 Å². The highest BCUT2D eigenvalue weighted by Gasteiger charge is 2.28. The Balaban J connectivity index is 2.54. The summed E-state index contributed by atoms with van der Waals surface area (Å²) < 4.78 is 5.63. The van der Waals surface area contributed by atoms with Crippen molar-refractivity contribution in [1.82, 2.24) is 4.90 Å². The second kappa shape index (κ2) is 4.89. The summed E-state index contributed by atoms with van der Waals surface area (Å²) in [6.07, 6.45) is 1.11. The molecule has 14 heavy (non-hydrogen) atoms. The van der Waals surface area contributed by atoms with E-state index in [-0.39, 0.29) is 18.2 Å². The zero-order chi connectivity index (χ0) is 10.7. The van der Waals surface area contributed by atoms with Gasteiger partial charge in [-0.3, -0.25) is 9.69 Å². The third-order valence-electron chi connectivity index (χ3n) is 2.81. The molecule has 1 rings (SSSR count). The number of carbonyl (C=O) groups is 1. The number of carbonyl (C=O) groups excluding carboxylic acids is 1. The van der Waals surface area contributed by atoms with Crippen molar-refractivity contribution in [3.05, 3.63) is 0 Å². The molecule has 3 heteroatoms. The van der Waals surface area contributed by atoms with Crippen LogP contribution in [0.15, 0.2) is 0 Å². The summed E-state index contributed by atoms with van der Waals surface area (Å²) in [6, 6.07) is 0.0498. The van der Waals surface area contributed by atoms with Gasteiger partial charge in [0, 0.05) is 19.5 Å². The first-order valence-electron chi connectivity index (χ1n) is 5.46. The van der Waals surface area contributed by atoms with Gasteiger partial charge >= 0.3 is 0 Å². The molecule has 0 N–H and O–H groups in total. The van der Waals surface area contributed by atoms with E-state index < -0.39 is 0 Å². The summed E-state index contributed by atoms with van der Waals surface area (Å²) in [4.78, 5) is 13.8. The molecular formula is C11H21NO2. The summed E-state index contributed by atoms with van der Waals surface area (Å²) in [5.74, 6) is 0.325. The minimum absolute atomic E-state index is 0.0498. The highest BCUT2D eigenvalue weighted by atomic mass is 16.5. The molecule has 0 amide bonds. The van der Waals surface area contributed by atoms with Crippen LogP contribution in [-0.2, 0) is 9.53 Å². The van der Waals surface area contributed by atoms with Gasteiger partial charge in [0.25, 0.3) is 0 Å². The average Bonchev–Trinajstić information content (AvgIpc) is 2.14. The lowest BCUT2D eigenvalue weighted by Crippen LogP contribution is -2.51. The van der Waals surface area contributed by atoms with E-state index in [0.29, 0.717) is 12.2 Å². The highest BCUT2D eigenvalue weighted by molar-refractivity contribution is 5.83. The van der Waals surface area contributed by atoms with Gasteiger partial charge in [0.1, 0.15) is 5.78 Å². The quantitative estimate of drug-likeness (QED) is 0.689. The molecule has 1 fully saturated rings. The molecule has 1 aliphatic rings. The molecule has 3 nitrogen and oxygen atoms in total. The third-order valence-corrected chi connectivity index (χ3v) is 2.81. The van der Waals surface area contributed by atoms with Gasteiger partial charge in [-0.05, 0) is 20.8 Å². The Hall–Kier alpha value is -0.410. The highest BCUT2D eigenvalue weighted by Crippen LogP contribution is 2.14. The van der Waals surface area contributed by atoms with Gasteiger partial charge in [0.05, 0.1) is 18.2 Å². The molecule has 1 heterocycles. The maximum Gasteiger partial charge on any atom is 0.149 e. The average molecular weight is 199 g/mol. The number of rotatable bonds is 3. The van der Waals surface area contributed by atoms with Crippen LogP contribution < -0.4 is 0 Å². The number of ether oxygens (including phenoxy) is 1. The summed E-state index contributed by atoms with van der Waals surface area (Å²) in [5, 5.41) is 0. The number of hydrogen-bond acceptors (Lipinski definition) is 3. The first-order chi connectivity index (χ1) is 6.54. The Morgan fingerprint density at radius 2 is 1.93 bits per heavy atom. The molecule has 0 aromatic heterocycles. The second-order valence-electron chi connectivity index (χ2n) is 4.21. The molecule has 1 aliphatic heterocycles. The Morgan fingerprint density at radius 1 is 1.43 bits per heavy atom. The number of ketones is 1. The third kappa shape index (κ3) is 2.79. The van der Waals surface area contributed by atoms with E-state index in [1.165, 1.54) is 0 Å². The second-order valence-corrected chi connectivity index (χ2v) is 4.21. The topological polar surface area (TPSA) is 29.5 Å². The van der Waals surface area contributed by atoms with Gasteiger partial charge in [0.2, 0.25) is 0 Å². The predicted octanol–water partition coefficient (Wildman–Crippen LogP) is 1.46. The minimum Gasteiger partial charge on any atom is -0.373 e. The SMILES string of the molecule is CCC(=O)C(C)N1C[C@@H](C)O[C@@H](C)C1. The van der Waals surface area contributed by atoms with E-state index in [0.717, 1.165) is 13.1 Å². The van der Waals surface area contributed by atoms with Crippen molar-refractivity contribution >= 4 is 5.78 Å². The molecule has 82 valence electrons. The van der Waals surface area contributed by atoms with Crippen LogP contribution in [0.5, 0.6) is 0 Å². The fraction of sp³-hybridized carbons (Fsp3) is 0.909. The Kier molecular flexibility index (Phi) is 4.08. The summed E-state index contributed by atoms with van der Waals surface area (Å²) in [5.41, 5.74) is 0. The standard InChI is InChI=1S/C11H21NO2/c1-5-11(13)10(4)12-6-8(2)14-9(3)7-12/h8-10H,5-7H2,1-4H3/t8-,9+,10?. The van der Waals surface area contributed by atoms with Crippen LogP contribution >= 0.6 is 0 Å². The van der Waals surface area contributed by atoms with Crippen molar-refractivity contribution in [3.63, 3.8) is 0 Å². The van der Waals surface area contributed by atoms with Crippen LogP contribution in [0.4, 0.5) is 0 Å². The molecule has 0 aromatic rings. The van der Waals surface area contributed by atoms with Crippen molar-refractivity contribution in [1.29, 1.82) is 0 Å². The van der Waals surface area contributed by atoms with Crippen LogP contribution in [0.1, 0.15) is 34.1 Å². The van der Waals surface area contributed by atoms with Gasteiger partial charge < -0.3 is 4.74 Å². The lowest BCUT2D eigenvalue weighted by atomic mass is 10.1. The molecule has 0 aromatic carbocycles. The van der Waals surface area contributed by atoms with E-state index in [1.54, 1.807) is 0 Å². The largest absolute Gasteiger partial charge is 0.373 e. The van der Waals surface area contributed by atoms with E-state index in [9.17, 15) is 4.79 Å². The van der Waals surface area contributed by atoms with Crippen molar-refractivity contribution < 1.29 is 9.53 Å². The molecule has 3 atom stereocenters. The first-order valence-corrected chi connectivity index (χ1v) is 5.46. The Bertz CT molecular complexity index is 195. The molecule has 0 radical (unpaired) electrons. The maximum absolute atomic E-state index is 11.5. The van der Waals surface area contributed by atoms with E-state index >= 15 is 0 Å². The van der Waals surface area contributed by atoms with Crippen LogP contribution in [0.3, 0.4) is 0 Å². The van der Waals surface area contributed by atoms with E-state index in [4.69, 9.17) is 4.74 Å². The Morgan fingerprint density at radius 3 is 2.36 bits per heavy atom. The maximum atomic E-state index is 11.5. The summed E-state index contributed by atoms with van der Waals surface area (Å²) >= 11 is 0. The van der Waals surface area contributed by atoms with Gasteiger partial charge in [-0.1, -0.05) is 6.92 Å². The molecule has 1 saturated heterocycles. The fourth-order valence-corrected chi connectivity index (χ4v) is 2.03. The number of hydrogen-bond donors (Lipinski definition) is 0. The number of morpholine rings is 1. The lowest BCUT2D eigenvalue weighted by Gasteiger charge is -2.38. The zero-order valence-electron chi connectivity index (χ0n) is 9.62. The van der Waals surface area contributed by atoms with Gasteiger partial charge in [-0.2, -0.15) is 0 Å². The predicted molar refractivity (Wildman–Crippen MR) is 56.3 cm³/mol. The molecule has 0 spiro atoms. The van der Waals surface area contributed by atoms with Crippen LogP contribution in [0.2, 0.25) is 0 Å². The number of Topliss-reactive ketones (excluding diaryl/α,β-unsaturated/α-hetero) is 1. The lowest BCUT2D eigenvalue weighted by molar-refractivity contribution is -0.129. The monoisotopic (exact) mass is 199 g/mol. The summed E-state index contributed by atoms with van der Waals surface area (Å²) in [7, 11) is 0. The first kappa shape index (κ1) is 11.7. The van der Waals surface area contributed by atoms with Crippen LogP contribution in [0.25, 0.3) is 0 Å². The van der Waals surface area contributed by atoms with Gasteiger partial charge in [-0.15, -0.1) is 0 Å².